The van der Waals surface area contributed by atoms with Gasteiger partial charge in [0.2, 0.25) is 0 Å². The van der Waals surface area contributed by atoms with Crippen molar-refractivity contribution in [3.05, 3.63) is 0 Å². The molecular formula is C14H26N2. The van der Waals surface area contributed by atoms with Crippen molar-refractivity contribution in [3.63, 3.8) is 0 Å². The fourth-order valence-corrected chi connectivity index (χ4v) is 2.00. The minimum absolute atomic E-state index is 0.131. The molecule has 1 saturated carbocycles. The van der Waals surface area contributed by atoms with E-state index in [1.54, 1.807) is 0 Å². The Bertz CT molecular complexity index is 236. The summed E-state index contributed by atoms with van der Waals surface area (Å²) in [5, 5.41) is 8.92. The summed E-state index contributed by atoms with van der Waals surface area (Å²) < 4.78 is 0. The smallest absolute Gasteiger partial charge is 0.0683 e. The van der Waals surface area contributed by atoms with Gasteiger partial charge in [0.1, 0.15) is 0 Å². The SMILES string of the molecule is CCN(CCCCC(C)(C)C#N)CC1CC1. The summed E-state index contributed by atoms with van der Waals surface area (Å²) in [6, 6.07) is 2.37. The average Bonchev–Trinajstić information content (AvgIpc) is 3.06. The van der Waals surface area contributed by atoms with Crippen molar-refractivity contribution in [3.8, 4) is 6.07 Å². The highest BCUT2D eigenvalue weighted by Crippen LogP contribution is 2.29. The lowest BCUT2D eigenvalue weighted by Gasteiger charge is -2.21. The van der Waals surface area contributed by atoms with E-state index in [-0.39, 0.29) is 5.41 Å². The largest absolute Gasteiger partial charge is 0.303 e. The molecule has 1 aliphatic carbocycles. The minimum atomic E-state index is -0.131. The molecular weight excluding hydrogens is 196 g/mol. The second kappa shape index (κ2) is 6.25. The van der Waals surface area contributed by atoms with Crippen LogP contribution < -0.4 is 0 Å². The molecule has 0 aromatic rings. The highest BCUT2D eigenvalue weighted by molar-refractivity contribution is 4.91. The van der Waals surface area contributed by atoms with E-state index in [2.05, 4.69) is 17.9 Å². The molecule has 0 radical (unpaired) electrons. The molecule has 0 amide bonds. The molecule has 0 unspecified atom stereocenters. The summed E-state index contributed by atoms with van der Waals surface area (Å²) in [7, 11) is 0. The molecule has 0 aliphatic heterocycles. The summed E-state index contributed by atoms with van der Waals surface area (Å²) in [5.41, 5.74) is -0.131. The lowest BCUT2D eigenvalue weighted by atomic mass is 9.89. The molecule has 16 heavy (non-hydrogen) atoms. The van der Waals surface area contributed by atoms with Crippen LogP contribution in [0.25, 0.3) is 0 Å². The highest BCUT2D eigenvalue weighted by Gasteiger charge is 2.23. The fourth-order valence-electron chi connectivity index (χ4n) is 2.00. The van der Waals surface area contributed by atoms with E-state index < -0.39 is 0 Å². The first-order valence-corrected chi connectivity index (χ1v) is 6.71. The standard InChI is InChI=1S/C14H26N2/c1-4-16(11-13-7-8-13)10-6-5-9-14(2,3)12-15/h13H,4-11H2,1-3H3. The second-order valence-electron chi connectivity index (χ2n) is 5.79. The number of hydrogen-bond donors (Lipinski definition) is 0. The van der Waals surface area contributed by atoms with Gasteiger partial charge in [0.15, 0.2) is 0 Å². The topological polar surface area (TPSA) is 27.0 Å². The van der Waals surface area contributed by atoms with Gasteiger partial charge in [0.05, 0.1) is 11.5 Å². The Hall–Kier alpha value is -0.550. The molecule has 0 saturated heterocycles. The maximum Gasteiger partial charge on any atom is 0.0683 e. The molecule has 0 bridgehead atoms. The van der Waals surface area contributed by atoms with Gasteiger partial charge in [0.25, 0.3) is 0 Å². The van der Waals surface area contributed by atoms with Crippen LogP contribution in [-0.2, 0) is 0 Å². The lowest BCUT2D eigenvalue weighted by Crippen LogP contribution is -2.27. The van der Waals surface area contributed by atoms with Crippen LogP contribution >= 0.6 is 0 Å². The van der Waals surface area contributed by atoms with Crippen LogP contribution in [0.5, 0.6) is 0 Å². The second-order valence-corrected chi connectivity index (χ2v) is 5.79. The third kappa shape index (κ3) is 5.51. The van der Waals surface area contributed by atoms with Crippen molar-refractivity contribution >= 4 is 0 Å². The van der Waals surface area contributed by atoms with Gasteiger partial charge in [-0.15, -0.1) is 0 Å². The van der Waals surface area contributed by atoms with Crippen LogP contribution in [-0.4, -0.2) is 24.5 Å². The highest BCUT2D eigenvalue weighted by atomic mass is 15.1. The number of hydrogen-bond acceptors (Lipinski definition) is 2. The third-order valence-electron chi connectivity index (χ3n) is 3.49. The van der Waals surface area contributed by atoms with Crippen molar-refractivity contribution in [2.24, 2.45) is 11.3 Å². The number of nitriles is 1. The van der Waals surface area contributed by atoms with Crippen LogP contribution in [0.3, 0.4) is 0 Å². The first kappa shape index (κ1) is 13.5. The molecule has 2 heteroatoms. The monoisotopic (exact) mass is 222 g/mol. The zero-order chi connectivity index (χ0) is 12.0. The molecule has 1 fully saturated rings. The van der Waals surface area contributed by atoms with Gasteiger partial charge in [-0.3, -0.25) is 0 Å². The molecule has 2 nitrogen and oxygen atoms in total. The Morgan fingerprint density at radius 2 is 2.00 bits per heavy atom. The van der Waals surface area contributed by atoms with E-state index in [4.69, 9.17) is 5.26 Å². The van der Waals surface area contributed by atoms with Crippen LogP contribution in [0.1, 0.15) is 52.9 Å². The molecule has 0 aromatic heterocycles. The van der Waals surface area contributed by atoms with Crippen molar-refractivity contribution in [2.45, 2.75) is 52.9 Å². The lowest BCUT2D eigenvalue weighted by molar-refractivity contribution is 0.265. The van der Waals surface area contributed by atoms with Crippen molar-refractivity contribution in [1.82, 2.24) is 4.90 Å². The molecule has 1 rings (SSSR count). The van der Waals surface area contributed by atoms with E-state index in [1.165, 1.54) is 45.3 Å². The average molecular weight is 222 g/mol. The number of rotatable bonds is 8. The zero-order valence-electron chi connectivity index (χ0n) is 11.1. The predicted molar refractivity (Wildman–Crippen MR) is 68.1 cm³/mol. The predicted octanol–water partition coefficient (Wildman–Crippen LogP) is 3.44. The zero-order valence-corrected chi connectivity index (χ0v) is 11.1. The van der Waals surface area contributed by atoms with E-state index in [9.17, 15) is 0 Å². The van der Waals surface area contributed by atoms with Gasteiger partial charge in [-0.2, -0.15) is 5.26 Å². The minimum Gasteiger partial charge on any atom is -0.303 e. The molecule has 92 valence electrons. The first-order chi connectivity index (χ1) is 7.57. The number of unbranched alkanes of at least 4 members (excludes halogenated alkanes) is 1. The maximum atomic E-state index is 8.92. The van der Waals surface area contributed by atoms with Crippen LogP contribution in [0.2, 0.25) is 0 Å². The first-order valence-electron chi connectivity index (χ1n) is 6.71. The van der Waals surface area contributed by atoms with E-state index in [1.807, 2.05) is 13.8 Å². The van der Waals surface area contributed by atoms with Gasteiger partial charge < -0.3 is 4.90 Å². The molecule has 0 atom stereocenters. The summed E-state index contributed by atoms with van der Waals surface area (Å²) >= 11 is 0. The Morgan fingerprint density at radius 1 is 1.31 bits per heavy atom. The van der Waals surface area contributed by atoms with Crippen LogP contribution in [0, 0.1) is 22.7 Å². The summed E-state index contributed by atoms with van der Waals surface area (Å²) in [6.45, 7) is 10.0. The molecule has 0 aromatic carbocycles. The Morgan fingerprint density at radius 3 is 2.50 bits per heavy atom. The Kier molecular flexibility index (Phi) is 5.28. The Balaban J connectivity index is 2.06. The van der Waals surface area contributed by atoms with E-state index in [0.29, 0.717) is 0 Å². The normalized spacial score (nSPS) is 16.4. The maximum absolute atomic E-state index is 8.92. The van der Waals surface area contributed by atoms with Gasteiger partial charge in [-0.1, -0.05) is 13.3 Å². The summed E-state index contributed by atoms with van der Waals surface area (Å²) in [6.07, 6.45) is 6.34. The summed E-state index contributed by atoms with van der Waals surface area (Å²) in [4.78, 5) is 2.57. The quantitative estimate of drug-likeness (QED) is 0.588. The van der Waals surface area contributed by atoms with Gasteiger partial charge in [-0.25, -0.2) is 0 Å². The molecule has 0 N–H and O–H groups in total. The van der Waals surface area contributed by atoms with E-state index >= 15 is 0 Å². The van der Waals surface area contributed by atoms with Gasteiger partial charge in [-0.05, 0) is 58.5 Å². The number of nitrogens with zero attached hydrogens (tertiary/aromatic N) is 2. The molecule has 0 spiro atoms. The molecule has 0 heterocycles. The molecule has 1 aliphatic rings. The summed E-state index contributed by atoms with van der Waals surface area (Å²) in [5.74, 6) is 0.996. The van der Waals surface area contributed by atoms with Crippen molar-refractivity contribution < 1.29 is 0 Å². The van der Waals surface area contributed by atoms with Crippen LogP contribution in [0.15, 0.2) is 0 Å². The third-order valence-corrected chi connectivity index (χ3v) is 3.49. The fraction of sp³-hybridized carbons (Fsp3) is 0.929. The van der Waals surface area contributed by atoms with Gasteiger partial charge >= 0.3 is 0 Å². The van der Waals surface area contributed by atoms with Crippen molar-refractivity contribution in [1.29, 1.82) is 5.26 Å². The Labute approximate surface area is 101 Å². The van der Waals surface area contributed by atoms with E-state index in [0.717, 1.165) is 12.3 Å². The van der Waals surface area contributed by atoms with Crippen molar-refractivity contribution in [2.75, 3.05) is 19.6 Å². The van der Waals surface area contributed by atoms with Gasteiger partial charge in [0, 0.05) is 6.54 Å². The van der Waals surface area contributed by atoms with Crippen LogP contribution in [0.4, 0.5) is 0 Å².